The molecule has 0 amide bonds. The van der Waals surface area contributed by atoms with E-state index in [2.05, 4.69) is 24.0 Å². The van der Waals surface area contributed by atoms with Gasteiger partial charge in [0, 0.05) is 13.5 Å². The lowest BCUT2D eigenvalue weighted by atomic mass is 9.84. The molecular weight excluding hydrogens is 266 g/mol. The summed E-state index contributed by atoms with van der Waals surface area (Å²) in [6.45, 7) is 5.18. The van der Waals surface area contributed by atoms with Crippen molar-refractivity contribution in [3.63, 3.8) is 0 Å². The Balaban J connectivity index is 2.00. The van der Waals surface area contributed by atoms with E-state index < -0.39 is 0 Å². The number of hydrogen-bond acceptors (Lipinski definition) is 5. The highest BCUT2D eigenvalue weighted by molar-refractivity contribution is 5.03. The molecule has 21 heavy (non-hydrogen) atoms. The average molecular weight is 295 g/mol. The molecule has 1 saturated carbocycles. The summed E-state index contributed by atoms with van der Waals surface area (Å²) in [5.74, 6) is 1.45. The zero-order valence-corrected chi connectivity index (χ0v) is 13.7. The van der Waals surface area contributed by atoms with Gasteiger partial charge in [0.1, 0.15) is 5.60 Å². The van der Waals surface area contributed by atoms with Gasteiger partial charge in [0.15, 0.2) is 0 Å². The van der Waals surface area contributed by atoms with Crippen LogP contribution in [0, 0.1) is 5.41 Å². The molecule has 0 saturated heterocycles. The van der Waals surface area contributed by atoms with Gasteiger partial charge >= 0.3 is 0 Å². The fourth-order valence-corrected chi connectivity index (χ4v) is 3.14. The van der Waals surface area contributed by atoms with Gasteiger partial charge in [-0.15, -0.1) is 0 Å². The van der Waals surface area contributed by atoms with Crippen LogP contribution in [0.1, 0.15) is 70.5 Å². The van der Waals surface area contributed by atoms with Gasteiger partial charge in [-0.2, -0.15) is 4.98 Å². The predicted octanol–water partition coefficient (Wildman–Crippen LogP) is 3.18. The van der Waals surface area contributed by atoms with Crippen LogP contribution < -0.4 is 5.73 Å². The van der Waals surface area contributed by atoms with Crippen molar-refractivity contribution in [3.05, 3.63) is 11.7 Å². The van der Waals surface area contributed by atoms with E-state index in [4.69, 9.17) is 15.0 Å². The Labute approximate surface area is 127 Å². The minimum absolute atomic E-state index is 0.215. The largest absolute Gasteiger partial charge is 0.370 e. The van der Waals surface area contributed by atoms with Gasteiger partial charge in [-0.05, 0) is 37.6 Å². The summed E-state index contributed by atoms with van der Waals surface area (Å²) in [5, 5.41) is 4.19. The Hall–Kier alpha value is -0.940. The molecule has 2 N–H and O–H groups in total. The van der Waals surface area contributed by atoms with Gasteiger partial charge in [-0.1, -0.05) is 38.3 Å². The minimum atomic E-state index is -0.327. The fourth-order valence-electron chi connectivity index (χ4n) is 3.14. The van der Waals surface area contributed by atoms with Crippen molar-refractivity contribution in [3.8, 4) is 0 Å². The van der Waals surface area contributed by atoms with Gasteiger partial charge in [0.25, 0.3) is 0 Å². The Kier molecular flexibility index (Phi) is 5.38. The van der Waals surface area contributed by atoms with E-state index in [1.807, 2.05) is 0 Å². The van der Waals surface area contributed by atoms with Gasteiger partial charge in [-0.25, -0.2) is 0 Å². The van der Waals surface area contributed by atoms with Crippen LogP contribution in [-0.4, -0.2) is 23.8 Å². The normalized spacial score (nSPS) is 18.9. The van der Waals surface area contributed by atoms with E-state index in [0.29, 0.717) is 0 Å². The van der Waals surface area contributed by atoms with Gasteiger partial charge in [0.05, 0.1) is 0 Å². The lowest BCUT2D eigenvalue weighted by Crippen LogP contribution is -2.32. The molecular formula is C16H29N3O2. The van der Waals surface area contributed by atoms with Crippen molar-refractivity contribution in [2.75, 3.05) is 13.7 Å². The maximum absolute atomic E-state index is 5.76. The highest BCUT2D eigenvalue weighted by Gasteiger charge is 2.38. The first-order valence-electron chi connectivity index (χ1n) is 8.10. The van der Waals surface area contributed by atoms with E-state index in [9.17, 15) is 0 Å². The number of methoxy groups -OCH3 is 1. The van der Waals surface area contributed by atoms with Crippen LogP contribution in [0.2, 0.25) is 0 Å². The maximum Gasteiger partial charge on any atom is 0.226 e. The van der Waals surface area contributed by atoms with E-state index in [1.54, 1.807) is 7.11 Å². The molecule has 1 aromatic heterocycles. The number of nitrogens with two attached hydrogens (primary N) is 1. The first-order chi connectivity index (χ1) is 10.0. The third-order valence-corrected chi connectivity index (χ3v) is 4.76. The molecule has 0 spiro atoms. The third-order valence-electron chi connectivity index (χ3n) is 4.76. The number of ether oxygens (including phenoxy) is 1. The SMILES string of the molecule is COC1(c2noc(CCC(C)(C)CCN)n2)CCCCC1. The molecule has 1 aliphatic rings. The number of hydrogen-bond donors (Lipinski definition) is 1. The zero-order valence-electron chi connectivity index (χ0n) is 13.7. The summed E-state index contributed by atoms with van der Waals surface area (Å²) >= 11 is 0. The summed E-state index contributed by atoms with van der Waals surface area (Å²) in [4.78, 5) is 4.61. The van der Waals surface area contributed by atoms with Crippen LogP contribution in [0.15, 0.2) is 4.52 Å². The lowest BCUT2D eigenvalue weighted by Gasteiger charge is -2.32. The van der Waals surface area contributed by atoms with Crippen molar-refractivity contribution in [2.24, 2.45) is 11.1 Å². The Morgan fingerprint density at radius 2 is 1.95 bits per heavy atom. The maximum atomic E-state index is 5.76. The first-order valence-corrected chi connectivity index (χ1v) is 8.10. The summed E-state index contributed by atoms with van der Waals surface area (Å²) in [6.07, 6.45) is 8.40. The smallest absolute Gasteiger partial charge is 0.226 e. The molecule has 5 heteroatoms. The Morgan fingerprint density at radius 1 is 1.24 bits per heavy atom. The van der Waals surface area contributed by atoms with Crippen LogP contribution in [0.3, 0.4) is 0 Å². The minimum Gasteiger partial charge on any atom is -0.370 e. The highest BCUT2D eigenvalue weighted by atomic mass is 16.5. The van der Waals surface area contributed by atoms with Crippen LogP contribution >= 0.6 is 0 Å². The summed E-state index contributed by atoms with van der Waals surface area (Å²) in [5.41, 5.74) is 5.54. The number of aryl methyl sites for hydroxylation is 1. The van der Waals surface area contributed by atoms with Crippen LogP contribution in [-0.2, 0) is 16.8 Å². The molecule has 1 fully saturated rings. The van der Waals surface area contributed by atoms with Crippen molar-refractivity contribution in [1.29, 1.82) is 0 Å². The molecule has 0 unspecified atom stereocenters. The quantitative estimate of drug-likeness (QED) is 0.836. The second kappa shape index (κ2) is 6.88. The van der Waals surface area contributed by atoms with Gasteiger partial charge in [-0.3, -0.25) is 0 Å². The molecule has 0 aromatic carbocycles. The molecule has 0 atom stereocenters. The summed E-state index contributed by atoms with van der Waals surface area (Å²) in [6, 6.07) is 0. The van der Waals surface area contributed by atoms with E-state index in [1.165, 1.54) is 19.3 Å². The standard InChI is InChI=1S/C16H29N3O2/c1-15(2,11-12-17)10-7-13-18-14(19-21-13)16(20-3)8-5-4-6-9-16/h4-12,17H2,1-3H3. The number of nitrogens with zero attached hydrogens (tertiary/aromatic N) is 2. The van der Waals surface area contributed by atoms with Crippen LogP contribution in [0.25, 0.3) is 0 Å². The highest BCUT2D eigenvalue weighted by Crippen LogP contribution is 2.38. The molecule has 5 nitrogen and oxygen atoms in total. The van der Waals surface area contributed by atoms with Gasteiger partial charge in [0.2, 0.25) is 11.7 Å². The molecule has 1 aliphatic carbocycles. The molecule has 0 aliphatic heterocycles. The topological polar surface area (TPSA) is 74.2 Å². The lowest BCUT2D eigenvalue weighted by molar-refractivity contribution is -0.0527. The van der Waals surface area contributed by atoms with E-state index >= 15 is 0 Å². The molecule has 0 radical (unpaired) electrons. The van der Waals surface area contributed by atoms with Crippen molar-refractivity contribution in [2.45, 2.75) is 70.8 Å². The Bertz CT molecular complexity index is 436. The molecule has 2 rings (SSSR count). The second-order valence-corrected chi connectivity index (χ2v) is 6.97. The van der Waals surface area contributed by atoms with Crippen molar-refractivity contribution >= 4 is 0 Å². The molecule has 0 bridgehead atoms. The number of rotatable bonds is 7. The Morgan fingerprint density at radius 3 is 2.57 bits per heavy atom. The molecule has 120 valence electrons. The van der Waals surface area contributed by atoms with Gasteiger partial charge < -0.3 is 15.0 Å². The predicted molar refractivity (Wildman–Crippen MR) is 81.8 cm³/mol. The fraction of sp³-hybridized carbons (Fsp3) is 0.875. The van der Waals surface area contributed by atoms with Crippen LogP contribution in [0.5, 0.6) is 0 Å². The average Bonchev–Trinajstić information content (AvgIpc) is 2.95. The van der Waals surface area contributed by atoms with E-state index in [-0.39, 0.29) is 11.0 Å². The number of aromatic nitrogens is 2. The monoisotopic (exact) mass is 295 g/mol. The van der Waals surface area contributed by atoms with Crippen LogP contribution in [0.4, 0.5) is 0 Å². The van der Waals surface area contributed by atoms with Crippen molar-refractivity contribution < 1.29 is 9.26 Å². The summed E-state index contributed by atoms with van der Waals surface area (Å²) in [7, 11) is 1.76. The second-order valence-electron chi connectivity index (χ2n) is 6.97. The molecule has 1 aromatic rings. The van der Waals surface area contributed by atoms with Crippen molar-refractivity contribution in [1.82, 2.24) is 10.1 Å². The third kappa shape index (κ3) is 4.04. The zero-order chi connectivity index (χ0) is 15.3. The van der Waals surface area contributed by atoms with E-state index in [0.717, 1.165) is 50.4 Å². The molecule has 1 heterocycles. The summed E-state index contributed by atoms with van der Waals surface area (Å²) < 4.78 is 11.2. The first kappa shape index (κ1) is 16.4.